The smallest absolute Gasteiger partial charge is 0.488 e. The Balaban J connectivity index is 0.00000190. The fourth-order valence-corrected chi connectivity index (χ4v) is 2.65. The molecule has 0 bridgehead atoms. The molecule has 0 saturated carbocycles. The minimum Gasteiger partial charge on any atom is -0.488 e. The van der Waals surface area contributed by atoms with Crippen molar-refractivity contribution in [2.45, 2.75) is 105 Å². The van der Waals surface area contributed by atoms with Crippen LogP contribution in [0.15, 0.2) is 24.3 Å². The van der Waals surface area contributed by atoms with Gasteiger partial charge in [-0.1, -0.05) is 26.0 Å². The van der Waals surface area contributed by atoms with Crippen LogP contribution in [0.3, 0.4) is 0 Å². The predicted molar refractivity (Wildman–Crippen MR) is 119 cm³/mol. The number of hydrogen-bond acceptors (Lipinski definition) is 4. The summed E-state index contributed by atoms with van der Waals surface area (Å²) < 4.78 is 24.2. The summed E-state index contributed by atoms with van der Waals surface area (Å²) in [7, 11) is -0.345. The quantitative estimate of drug-likeness (QED) is 0.610. The number of ether oxygens (including phenoxy) is 2. The van der Waals surface area contributed by atoms with Crippen LogP contribution in [0.4, 0.5) is 0 Å². The Morgan fingerprint density at radius 2 is 1.32 bits per heavy atom. The van der Waals surface area contributed by atoms with E-state index in [4.69, 9.17) is 18.8 Å². The van der Waals surface area contributed by atoms with Crippen LogP contribution >= 0.6 is 0 Å². The van der Waals surface area contributed by atoms with Crippen LogP contribution in [0.1, 0.15) is 82.6 Å². The SMILES string of the molecule is CC.CC(C)(C)OCCC(C)(C)Oc1ccc(B2OC(C)(C)C(C)(C)O2)cc1. The van der Waals surface area contributed by atoms with Crippen molar-refractivity contribution >= 4 is 12.6 Å². The first kappa shape index (κ1) is 25.0. The second-order valence-corrected chi connectivity index (χ2v) is 9.73. The van der Waals surface area contributed by atoms with Crippen molar-refractivity contribution in [3.8, 4) is 5.75 Å². The Kier molecular flexibility index (Phi) is 8.21. The minimum absolute atomic E-state index is 0.124. The zero-order valence-electron chi connectivity index (χ0n) is 19.9. The highest BCUT2D eigenvalue weighted by molar-refractivity contribution is 6.62. The molecule has 0 spiro atoms. The molecule has 5 heteroatoms. The largest absolute Gasteiger partial charge is 0.494 e. The monoisotopic (exact) mass is 392 g/mol. The van der Waals surface area contributed by atoms with Crippen LogP contribution in [0.5, 0.6) is 5.75 Å². The highest BCUT2D eigenvalue weighted by Gasteiger charge is 2.51. The molecule has 0 amide bonds. The number of hydrogen-bond donors (Lipinski definition) is 0. The lowest BCUT2D eigenvalue weighted by Crippen LogP contribution is -2.41. The van der Waals surface area contributed by atoms with Crippen molar-refractivity contribution in [2.24, 2.45) is 0 Å². The molecule has 0 N–H and O–H groups in total. The molecule has 0 unspecified atom stereocenters. The van der Waals surface area contributed by atoms with Crippen molar-refractivity contribution in [2.75, 3.05) is 6.61 Å². The summed E-state index contributed by atoms with van der Waals surface area (Å²) >= 11 is 0. The van der Waals surface area contributed by atoms with Gasteiger partial charge in [-0.25, -0.2) is 0 Å². The van der Waals surface area contributed by atoms with Gasteiger partial charge in [-0.3, -0.25) is 0 Å². The van der Waals surface area contributed by atoms with Crippen LogP contribution in [0, 0.1) is 0 Å². The first-order valence-electron chi connectivity index (χ1n) is 10.5. The minimum atomic E-state index is -0.345. The zero-order chi connectivity index (χ0) is 21.8. The van der Waals surface area contributed by atoms with Gasteiger partial charge in [0.05, 0.1) is 23.4 Å². The van der Waals surface area contributed by atoms with Gasteiger partial charge in [0, 0.05) is 6.42 Å². The molecule has 1 aromatic rings. The summed E-state index contributed by atoms with van der Waals surface area (Å²) in [4.78, 5) is 0. The lowest BCUT2D eigenvalue weighted by Gasteiger charge is -2.32. The van der Waals surface area contributed by atoms with Crippen LogP contribution in [0.2, 0.25) is 0 Å². The van der Waals surface area contributed by atoms with Gasteiger partial charge in [0.1, 0.15) is 11.4 Å². The van der Waals surface area contributed by atoms with E-state index in [0.29, 0.717) is 6.61 Å². The molecule has 1 aliphatic rings. The third-order valence-corrected chi connectivity index (χ3v) is 5.04. The first-order chi connectivity index (χ1) is 12.7. The third-order valence-electron chi connectivity index (χ3n) is 5.04. The second-order valence-electron chi connectivity index (χ2n) is 9.73. The molecule has 0 atom stereocenters. The average molecular weight is 392 g/mol. The van der Waals surface area contributed by atoms with Crippen molar-refractivity contribution in [1.82, 2.24) is 0 Å². The molecule has 1 fully saturated rings. The van der Waals surface area contributed by atoms with Crippen molar-refractivity contribution in [1.29, 1.82) is 0 Å². The summed E-state index contributed by atoms with van der Waals surface area (Å²) in [6.07, 6.45) is 0.823. The lowest BCUT2D eigenvalue weighted by atomic mass is 9.79. The highest BCUT2D eigenvalue weighted by atomic mass is 16.7. The molecule has 1 aliphatic heterocycles. The van der Waals surface area contributed by atoms with Crippen molar-refractivity contribution in [3.05, 3.63) is 24.3 Å². The van der Waals surface area contributed by atoms with E-state index in [-0.39, 0.29) is 29.5 Å². The average Bonchev–Trinajstić information content (AvgIpc) is 2.76. The van der Waals surface area contributed by atoms with Crippen LogP contribution in [-0.2, 0) is 14.0 Å². The molecule has 4 nitrogen and oxygen atoms in total. The van der Waals surface area contributed by atoms with Gasteiger partial charge in [-0.05, 0) is 79.9 Å². The summed E-state index contributed by atoms with van der Waals surface area (Å²) in [5.74, 6) is 0.839. The van der Waals surface area contributed by atoms with Gasteiger partial charge in [-0.15, -0.1) is 0 Å². The van der Waals surface area contributed by atoms with Gasteiger partial charge in [0.2, 0.25) is 0 Å². The Morgan fingerprint density at radius 1 is 0.857 bits per heavy atom. The fourth-order valence-electron chi connectivity index (χ4n) is 2.65. The van der Waals surface area contributed by atoms with E-state index < -0.39 is 0 Å². The lowest BCUT2D eigenvalue weighted by molar-refractivity contribution is -0.0292. The molecule has 1 aromatic carbocycles. The van der Waals surface area contributed by atoms with Gasteiger partial charge in [-0.2, -0.15) is 0 Å². The number of rotatable bonds is 6. The molecule has 1 heterocycles. The van der Waals surface area contributed by atoms with Crippen molar-refractivity contribution < 1.29 is 18.8 Å². The molecule has 0 aliphatic carbocycles. The molecule has 0 aromatic heterocycles. The predicted octanol–water partition coefficient (Wildman–Crippen LogP) is 5.37. The zero-order valence-corrected chi connectivity index (χ0v) is 19.9. The van der Waals surface area contributed by atoms with E-state index in [2.05, 4.69) is 62.3 Å². The topological polar surface area (TPSA) is 36.9 Å². The third kappa shape index (κ3) is 7.09. The molecular weight excluding hydrogens is 351 g/mol. The Hall–Kier alpha value is -1.04. The van der Waals surface area contributed by atoms with E-state index in [1.54, 1.807) is 0 Å². The summed E-state index contributed by atoms with van der Waals surface area (Å²) in [6.45, 7) is 23.3. The first-order valence-corrected chi connectivity index (χ1v) is 10.5. The number of benzene rings is 1. The van der Waals surface area contributed by atoms with Gasteiger partial charge in [0.15, 0.2) is 0 Å². The standard InChI is InChI=1S/C21H35BO4.C2H6/c1-18(2,3)23-15-14-19(4,5)24-17-12-10-16(11-13-17)22-25-20(6,7)21(8,9)26-22;1-2/h10-13H,14-15H2,1-9H3;1-2H3. The summed E-state index contributed by atoms with van der Waals surface area (Å²) in [6, 6.07) is 7.98. The maximum Gasteiger partial charge on any atom is 0.494 e. The van der Waals surface area contributed by atoms with Gasteiger partial charge in [0.25, 0.3) is 0 Å². The van der Waals surface area contributed by atoms with E-state index in [9.17, 15) is 0 Å². The Labute approximate surface area is 173 Å². The second kappa shape index (κ2) is 9.19. The van der Waals surface area contributed by atoms with Crippen LogP contribution in [-0.4, -0.2) is 36.1 Å². The molecule has 160 valence electrons. The van der Waals surface area contributed by atoms with E-state index in [0.717, 1.165) is 17.6 Å². The molecule has 28 heavy (non-hydrogen) atoms. The summed E-state index contributed by atoms with van der Waals surface area (Å²) in [5, 5.41) is 0. The van der Waals surface area contributed by atoms with E-state index in [1.165, 1.54) is 0 Å². The van der Waals surface area contributed by atoms with Crippen LogP contribution < -0.4 is 10.2 Å². The van der Waals surface area contributed by atoms with E-state index >= 15 is 0 Å². The Morgan fingerprint density at radius 3 is 1.75 bits per heavy atom. The van der Waals surface area contributed by atoms with Crippen molar-refractivity contribution in [3.63, 3.8) is 0 Å². The maximum absolute atomic E-state index is 6.15. The van der Waals surface area contributed by atoms with Gasteiger partial charge >= 0.3 is 7.12 Å². The molecular formula is C23H41BO4. The maximum atomic E-state index is 6.15. The molecule has 1 saturated heterocycles. The van der Waals surface area contributed by atoms with Crippen LogP contribution in [0.25, 0.3) is 0 Å². The fraction of sp³-hybridized carbons (Fsp3) is 0.739. The summed E-state index contributed by atoms with van der Waals surface area (Å²) in [5.41, 5.74) is -0.0774. The Bertz CT molecular complexity index is 584. The normalized spacial score (nSPS) is 18.5. The van der Waals surface area contributed by atoms with Gasteiger partial charge < -0.3 is 18.8 Å². The highest BCUT2D eigenvalue weighted by Crippen LogP contribution is 2.36. The molecule has 2 rings (SSSR count). The van der Waals surface area contributed by atoms with E-state index in [1.807, 2.05) is 38.1 Å². The molecule has 0 radical (unpaired) electrons.